The van der Waals surface area contributed by atoms with Gasteiger partial charge in [0.25, 0.3) is 0 Å². The molecule has 0 aromatic carbocycles. The van der Waals surface area contributed by atoms with Crippen molar-refractivity contribution < 1.29 is 0 Å². The number of rotatable bonds is 0. The Morgan fingerprint density at radius 1 is 0.533 bits per heavy atom. The van der Waals surface area contributed by atoms with E-state index in [-0.39, 0.29) is 0 Å². The Hall–Kier alpha value is -0.0800. The fourth-order valence-electron chi connectivity index (χ4n) is 3.63. The summed E-state index contributed by atoms with van der Waals surface area (Å²) in [7, 11) is 0. The molecule has 2 heterocycles. The minimum atomic E-state index is 0.625. The number of piperidine rings is 2. The molecular formula is C13H22N2. The molecule has 4 aliphatic rings. The quantitative estimate of drug-likeness (QED) is 0.631. The van der Waals surface area contributed by atoms with Crippen molar-refractivity contribution in [1.82, 2.24) is 10.6 Å². The highest BCUT2D eigenvalue weighted by molar-refractivity contribution is 5.12. The first-order valence-corrected chi connectivity index (χ1v) is 6.74. The second-order valence-electron chi connectivity index (χ2n) is 6.77. The summed E-state index contributed by atoms with van der Waals surface area (Å²) in [5.41, 5.74) is 1.88. The molecule has 15 heavy (non-hydrogen) atoms. The van der Waals surface area contributed by atoms with E-state index in [1.54, 1.807) is 0 Å². The Morgan fingerprint density at radius 2 is 0.933 bits per heavy atom. The van der Waals surface area contributed by atoms with Crippen LogP contribution in [0.3, 0.4) is 0 Å². The summed E-state index contributed by atoms with van der Waals surface area (Å²) in [6, 6.07) is 0. The van der Waals surface area contributed by atoms with E-state index < -0.39 is 0 Å². The average Bonchev–Trinajstić information content (AvgIpc) is 3.17. The minimum absolute atomic E-state index is 0.625. The van der Waals surface area contributed by atoms with Crippen LogP contribution in [-0.4, -0.2) is 24.2 Å². The zero-order valence-electron chi connectivity index (χ0n) is 9.57. The molecule has 0 aromatic heterocycles. The van der Waals surface area contributed by atoms with E-state index in [2.05, 4.69) is 10.6 Å². The van der Waals surface area contributed by atoms with E-state index in [0.29, 0.717) is 16.5 Å². The lowest BCUT2D eigenvalue weighted by atomic mass is 9.71. The van der Waals surface area contributed by atoms with Gasteiger partial charge in [0.05, 0.1) is 0 Å². The number of nitrogens with one attached hydrogen (secondary N) is 2. The maximum absolute atomic E-state index is 3.84. The fourth-order valence-corrected chi connectivity index (χ4v) is 3.63. The molecule has 2 nitrogen and oxygen atoms in total. The second-order valence-corrected chi connectivity index (χ2v) is 6.77. The van der Waals surface area contributed by atoms with Crippen molar-refractivity contribution in [3.8, 4) is 0 Å². The highest BCUT2D eigenvalue weighted by atomic mass is 15.1. The van der Waals surface area contributed by atoms with E-state index in [1.807, 2.05) is 0 Å². The van der Waals surface area contributed by atoms with Crippen molar-refractivity contribution in [1.29, 1.82) is 0 Å². The van der Waals surface area contributed by atoms with Gasteiger partial charge in [-0.3, -0.25) is 0 Å². The summed E-state index contributed by atoms with van der Waals surface area (Å²) in [6.45, 7) is 2.58. The molecule has 2 N–H and O–H groups in total. The third kappa shape index (κ3) is 1.38. The molecule has 0 amide bonds. The first-order valence-electron chi connectivity index (χ1n) is 6.74. The van der Waals surface area contributed by atoms with Crippen molar-refractivity contribution >= 4 is 0 Å². The molecule has 2 aliphatic heterocycles. The van der Waals surface area contributed by atoms with Gasteiger partial charge >= 0.3 is 0 Å². The summed E-state index contributed by atoms with van der Waals surface area (Å²) >= 11 is 0. The van der Waals surface area contributed by atoms with E-state index in [1.165, 1.54) is 64.5 Å². The van der Waals surface area contributed by atoms with E-state index in [4.69, 9.17) is 0 Å². The molecule has 2 saturated heterocycles. The normalized spacial score (nSPS) is 44.8. The van der Waals surface area contributed by atoms with Crippen molar-refractivity contribution in [2.45, 2.75) is 62.4 Å². The lowest BCUT2D eigenvalue weighted by Gasteiger charge is -2.46. The van der Waals surface area contributed by atoms with Crippen LogP contribution in [0.1, 0.15) is 51.4 Å². The zero-order valence-corrected chi connectivity index (χ0v) is 9.57. The van der Waals surface area contributed by atoms with Gasteiger partial charge in [0.2, 0.25) is 0 Å². The van der Waals surface area contributed by atoms with Crippen LogP contribution in [0.5, 0.6) is 0 Å². The van der Waals surface area contributed by atoms with E-state index in [0.717, 1.165) is 0 Å². The molecule has 4 fully saturated rings. The SMILES string of the molecule is C1CC2(CC2)NCC12CCC1(CC1)NC2. The van der Waals surface area contributed by atoms with Crippen LogP contribution in [0.2, 0.25) is 0 Å². The van der Waals surface area contributed by atoms with Gasteiger partial charge < -0.3 is 10.6 Å². The van der Waals surface area contributed by atoms with Gasteiger partial charge in [-0.05, 0) is 56.8 Å². The van der Waals surface area contributed by atoms with E-state index >= 15 is 0 Å². The monoisotopic (exact) mass is 206 g/mol. The van der Waals surface area contributed by atoms with Crippen molar-refractivity contribution in [3.05, 3.63) is 0 Å². The van der Waals surface area contributed by atoms with Crippen molar-refractivity contribution in [2.75, 3.05) is 13.1 Å². The van der Waals surface area contributed by atoms with Crippen LogP contribution >= 0.6 is 0 Å². The summed E-state index contributed by atoms with van der Waals surface area (Å²) in [4.78, 5) is 0. The van der Waals surface area contributed by atoms with Crippen LogP contribution in [0.25, 0.3) is 0 Å². The molecule has 2 aliphatic carbocycles. The molecule has 0 bridgehead atoms. The smallest absolute Gasteiger partial charge is 0.0183 e. The Morgan fingerprint density at radius 3 is 1.20 bits per heavy atom. The van der Waals surface area contributed by atoms with Gasteiger partial charge in [0, 0.05) is 24.2 Å². The van der Waals surface area contributed by atoms with Crippen molar-refractivity contribution in [3.63, 3.8) is 0 Å². The lowest BCUT2D eigenvalue weighted by molar-refractivity contribution is 0.105. The number of hydrogen-bond acceptors (Lipinski definition) is 2. The first kappa shape index (κ1) is 9.00. The Balaban J connectivity index is 1.43. The van der Waals surface area contributed by atoms with Crippen LogP contribution in [-0.2, 0) is 0 Å². The lowest BCUT2D eigenvalue weighted by Crippen LogP contribution is -2.56. The molecule has 0 radical (unpaired) electrons. The van der Waals surface area contributed by atoms with Gasteiger partial charge in [0.1, 0.15) is 0 Å². The van der Waals surface area contributed by atoms with Crippen LogP contribution in [0.4, 0.5) is 0 Å². The molecule has 3 spiro atoms. The molecule has 4 rings (SSSR count). The molecule has 0 atom stereocenters. The zero-order chi connectivity index (χ0) is 9.99. The third-order valence-corrected chi connectivity index (χ3v) is 5.65. The highest BCUT2D eigenvalue weighted by Crippen LogP contribution is 2.52. The fraction of sp³-hybridized carbons (Fsp3) is 1.00. The standard InChI is InChI=1S/C13H22N2/c1-3-12(5-6-12)14-9-11(1)2-4-13(7-8-13)15-10-11/h14-15H,1-10H2. The van der Waals surface area contributed by atoms with Gasteiger partial charge in [-0.15, -0.1) is 0 Å². The van der Waals surface area contributed by atoms with Crippen LogP contribution in [0.15, 0.2) is 0 Å². The molecule has 2 saturated carbocycles. The predicted molar refractivity (Wildman–Crippen MR) is 60.8 cm³/mol. The molecule has 0 aromatic rings. The molecule has 84 valence electrons. The van der Waals surface area contributed by atoms with Gasteiger partial charge in [-0.1, -0.05) is 0 Å². The largest absolute Gasteiger partial charge is 0.311 e. The van der Waals surface area contributed by atoms with Crippen LogP contribution < -0.4 is 10.6 Å². The summed E-state index contributed by atoms with van der Waals surface area (Å²) < 4.78 is 0. The summed E-state index contributed by atoms with van der Waals surface area (Å²) in [5.74, 6) is 0. The maximum Gasteiger partial charge on any atom is 0.0183 e. The average molecular weight is 206 g/mol. The third-order valence-electron chi connectivity index (χ3n) is 5.65. The summed E-state index contributed by atoms with van der Waals surface area (Å²) in [5, 5.41) is 7.68. The van der Waals surface area contributed by atoms with Crippen LogP contribution in [0, 0.1) is 5.41 Å². The Bertz CT molecular complexity index is 235. The highest BCUT2D eigenvalue weighted by Gasteiger charge is 2.53. The van der Waals surface area contributed by atoms with Gasteiger partial charge in [-0.2, -0.15) is 0 Å². The maximum atomic E-state index is 3.84. The topological polar surface area (TPSA) is 24.1 Å². The predicted octanol–water partition coefficient (Wildman–Crippen LogP) is 1.80. The number of hydrogen-bond donors (Lipinski definition) is 2. The summed E-state index contributed by atoms with van der Waals surface area (Å²) in [6.07, 6.45) is 11.6. The Labute approximate surface area is 92.2 Å². The van der Waals surface area contributed by atoms with Gasteiger partial charge in [-0.25, -0.2) is 0 Å². The molecule has 2 heteroatoms. The second kappa shape index (κ2) is 2.60. The molecular weight excluding hydrogens is 184 g/mol. The Kier molecular flexibility index (Phi) is 1.56. The van der Waals surface area contributed by atoms with E-state index in [9.17, 15) is 0 Å². The van der Waals surface area contributed by atoms with Gasteiger partial charge in [0.15, 0.2) is 0 Å². The minimum Gasteiger partial charge on any atom is -0.311 e. The van der Waals surface area contributed by atoms with Crippen molar-refractivity contribution in [2.24, 2.45) is 5.41 Å². The first-order chi connectivity index (χ1) is 7.24. The molecule has 0 unspecified atom stereocenters.